The lowest BCUT2D eigenvalue weighted by molar-refractivity contribution is -0.148. The minimum Gasteiger partial charge on any atom is -0.461 e. The Balaban J connectivity index is 1.48. The molecule has 160 valence electrons. The van der Waals surface area contributed by atoms with E-state index in [1.807, 2.05) is 36.4 Å². The molecule has 1 aliphatic carbocycles. The molecule has 0 aromatic heterocycles. The van der Waals surface area contributed by atoms with E-state index < -0.39 is 30.3 Å². The van der Waals surface area contributed by atoms with Crippen molar-refractivity contribution in [3.63, 3.8) is 0 Å². The first-order valence-corrected chi connectivity index (χ1v) is 10.1. The van der Waals surface area contributed by atoms with Gasteiger partial charge in [-0.25, -0.2) is 9.59 Å². The van der Waals surface area contributed by atoms with Crippen LogP contribution in [0.5, 0.6) is 0 Å². The summed E-state index contributed by atoms with van der Waals surface area (Å²) >= 11 is 0. The summed E-state index contributed by atoms with van der Waals surface area (Å²) in [6.07, 6.45) is -0.417. The van der Waals surface area contributed by atoms with Crippen molar-refractivity contribution < 1.29 is 28.6 Å². The maximum absolute atomic E-state index is 12.9. The Morgan fingerprint density at radius 1 is 1.06 bits per heavy atom. The molecular formula is C24H23NO6. The number of cyclic esters (lactones) is 1. The Bertz CT molecular complexity index is 987. The summed E-state index contributed by atoms with van der Waals surface area (Å²) in [6, 6.07) is 15.0. The van der Waals surface area contributed by atoms with Gasteiger partial charge in [-0.05, 0) is 29.2 Å². The number of ether oxygens (including phenoxy) is 3. The van der Waals surface area contributed by atoms with E-state index in [0.717, 1.165) is 27.2 Å². The van der Waals surface area contributed by atoms with Crippen molar-refractivity contribution in [1.29, 1.82) is 0 Å². The molecule has 2 aliphatic rings. The quantitative estimate of drug-likeness (QED) is 0.403. The third kappa shape index (κ3) is 3.91. The summed E-state index contributed by atoms with van der Waals surface area (Å²) in [7, 11) is 0. The van der Waals surface area contributed by atoms with E-state index >= 15 is 0 Å². The van der Waals surface area contributed by atoms with Crippen LogP contribution >= 0.6 is 0 Å². The van der Waals surface area contributed by atoms with Gasteiger partial charge in [0.25, 0.3) is 0 Å². The fourth-order valence-corrected chi connectivity index (χ4v) is 4.16. The van der Waals surface area contributed by atoms with Crippen LogP contribution in [0.3, 0.4) is 0 Å². The summed E-state index contributed by atoms with van der Waals surface area (Å²) in [5, 5.41) is 0. The van der Waals surface area contributed by atoms with Crippen molar-refractivity contribution in [1.82, 2.24) is 4.90 Å². The number of carbonyl (C=O) groups excluding carboxylic acids is 3. The number of fused-ring (bicyclic) bond motifs is 3. The van der Waals surface area contributed by atoms with Crippen molar-refractivity contribution >= 4 is 18.0 Å². The van der Waals surface area contributed by atoms with Crippen LogP contribution in [-0.4, -0.2) is 48.4 Å². The summed E-state index contributed by atoms with van der Waals surface area (Å²) in [6.45, 7) is 5.18. The first kappa shape index (κ1) is 20.7. The standard InChI is InChI=1S/C24H23NO6/c1-3-12-29-22(26)13-21-23(27)31-15(2)25(21)24(28)30-14-20-18-10-6-4-8-16(18)17-9-5-7-11-19(17)20/h3-11,15,20-21H,1,12-14H2,2H3/t15?,21-/m0/s1. The minimum atomic E-state index is -1.08. The van der Waals surface area contributed by atoms with Crippen LogP contribution in [0.25, 0.3) is 11.1 Å². The number of amides is 1. The molecule has 1 heterocycles. The van der Waals surface area contributed by atoms with Crippen LogP contribution < -0.4 is 0 Å². The molecule has 2 aromatic rings. The number of esters is 2. The van der Waals surface area contributed by atoms with Gasteiger partial charge in [0, 0.05) is 5.92 Å². The molecule has 0 radical (unpaired) electrons. The molecule has 1 amide bonds. The molecule has 1 saturated heterocycles. The van der Waals surface area contributed by atoms with Crippen LogP contribution in [0, 0.1) is 0 Å². The molecule has 1 unspecified atom stereocenters. The molecule has 2 aromatic carbocycles. The van der Waals surface area contributed by atoms with E-state index in [0.29, 0.717) is 0 Å². The normalized spacial score (nSPS) is 19.4. The third-order valence-electron chi connectivity index (χ3n) is 5.56. The topological polar surface area (TPSA) is 82.1 Å². The molecule has 4 rings (SSSR count). The molecule has 0 bridgehead atoms. The highest BCUT2D eigenvalue weighted by Gasteiger charge is 2.45. The van der Waals surface area contributed by atoms with Crippen LogP contribution in [0.2, 0.25) is 0 Å². The molecule has 0 N–H and O–H groups in total. The van der Waals surface area contributed by atoms with Gasteiger partial charge in [-0.15, -0.1) is 0 Å². The highest BCUT2D eigenvalue weighted by atomic mass is 16.6. The Kier molecular flexibility index (Phi) is 5.75. The SMILES string of the molecule is C=CCOC(=O)C[C@H]1C(=O)OC(C)N1C(=O)OCC1c2ccccc2-c2ccccc21. The third-order valence-corrected chi connectivity index (χ3v) is 5.56. The zero-order valence-corrected chi connectivity index (χ0v) is 17.2. The van der Waals surface area contributed by atoms with Crippen molar-refractivity contribution in [3.8, 4) is 11.1 Å². The van der Waals surface area contributed by atoms with E-state index in [1.165, 1.54) is 6.08 Å². The monoisotopic (exact) mass is 421 g/mol. The summed E-state index contributed by atoms with van der Waals surface area (Å²) in [4.78, 5) is 38.2. The van der Waals surface area contributed by atoms with E-state index in [-0.39, 0.29) is 25.6 Å². The summed E-state index contributed by atoms with van der Waals surface area (Å²) < 4.78 is 15.7. The van der Waals surface area contributed by atoms with Crippen LogP contribution in [0.1, 0.15) is 30.4 Å². The van der Waals surface area contributed by atoms with E-state index in [1.54, 1.807) is 6.92 Å². The Hall–Kier alpha value is -3.61. The lowest BCUT2D eigenvalue weighted by Gasteiger charge is -2.24. The molecule has 7 heteroatoms. The van der Waals surface area contributed by atoms with Crippen LogP contribution in [0.15, 0.2) is 61.2 Å². The minimum absolute atomic E-state index is 0.0289. The first-order valence-electron chi connectivity index (χ1n) is 10.1. The van der Waals surface area contributed by atoms with Gasteiger partial charge in [-0.1, -0.05) is 61.2 Å². The predicted molar refractivity (Wildman–Crippen MR) is 112 cm³/mol. The molecule has 1 aliphatic heterocycles. The zero-order valence-electron chi connectivity index (χ0n) is 17.2. The summed E-state index contributed by atoms with van der Waals surface area (Å²) in [5.74, 6) is -1.38. The Morgan fingerprint density at radius 2 is 1.68 bits per heavy atom. The average Bonchev–Trinajstić information content (AvgIpc) is 3.24. The predicted octanol–water partition coefficient (Wildman–Crippen LogP) is 3.63. The van der Waals surface area contributed by atoms with Gasteiger partial charge in [-0.2, -0.15) is 0 Å². The Labute approximate surface area is 180 Å². The van der Waals surface area contributed by atoms with Gasteiger partial charge in [0.15, 0.2) is 6.23 Å². The molecule has 2 atom stereocenters. The lowest BCUT2D eigenvalue weighted by Crippen LogP contribution is -2.43. The highest BCUT2D eigenvalue weighted by Crippen LogP contribution is 2.44. The van der Waals surface area contributed by atoms with Gasteiger partial charge in [0.1, 0.15) is 19.3 Å². The number of hydrogen-bond donors (Lipinski definition) is 0. The number of hydrogen-bond acceptors (Lipinski definition) is 6. The van der Waals surface area contributed by atoms with E-state index in [9.17, 15) is 14.4 Å². The second-order valence-electron chi connectivity index (χ2n) is 7.44. The lowest BCUT2D eigenvalue weighted by atomic mass is 9.98. The van der Waals surface area contributed by atoms with Crippen LogP contribution in [0.4, 0.5) is 4.79 Å². The number of rotatable bonds is 6. The molecule has 1 fully saturated rings. The molecule has 0 saturated carbocycles. The molecule has 31 heavy (non-hydrogen) atoms. The molecular weight excluding hydrogens is 398 g/mol. The smallest absolute Gasteiger partial charge is 0.413 e. The number of nitrogens with zero attached hydrogens (tertiary/aromatic N) is 1. The zero-order chi connectivity index (χ0) is 22.0. The second kappa shape index (κ2) is 8.63. The van der Waals surface area contributed by atoms with Crippen LogP contribution in [-0.2, 0) is 23.8 Å². The fourth-order valence-electron chi connectivity index (χ4n) is 4.16. The fraction of sp³-hybridized carbons (Fsp3) is 0.292. The Morgan fingerprint density at radius 3 is 2.29 bits per heavy atom. The maximum atomic E-state index is 12.9. The van der Waals surface area contributed by atoms with E-state index in [4.69, 9.17) is 14.2 Å². The summed E-state index contributed by atoms with van der Waals surface area (Å²) in [5.41, 5.74) is 4.41. The van der Waals surface area contributed by atoms with E-state index in [2.05, 4.69) is 18.7 Å². The second-order valence-corrected chi connectivity index (χ2v) is 7.44. The molecule has 0 spiro atoms. The van der Waals surface area contributed by atoms with Crippen molar-refractivity contribution in [3.05, 3.63) is 72.3 Å². The van der Waals surface area contributed by atoms with Crippen molar-refractivity contribution in [2.45, 2.75) is 31.5 Å². The van der Waals surface area contributed by atoms with Crippen molar-refractivity contribution in [2.75, 3.05) is 13.2 Å². The van der Waals surface area contributed by atoms with Crippen molar-refractivity contribution in [2.24, 2.45) is 0 Å². The van der Waals surface area contributed by atoms with Gasteiger partial charge in [0.05, 0.1) is 6.42 Å². The first-order chi connectivity index (χ1) is 15.0. The highest BCUT2D eigenvalue weighted by molar-refractivity contribution is 5.88. The van der Waals surface area contributed by atoms with Gasteiger partial charge in [0.2, 0.25) is 0 Å². The van der Waals surface area contributed by atoms with Gasteiger partial charge in [-0.3, -0.25) is 9.69 Å². The molecule has 7 nitrogen and oxygen atoms in total. The van der Waals surface area contributed by atoms with Gasteiger partial charge >= 0.3 is 18.0 Å². The van der Waals surface area contributed by atoms with Gasteiger partial charge < -0.3 is 14.2 Å². The number of carbonyl (C=O) groups is 3. The average molecular weight is 421 g/mol. The maximum Gasteiger partial charge on any atom is 0.413 e. The number of benzene rings is 2. The largest absolute Gasteiger partial charge is 0.461 e.